The second-order valence-electron chi connectivity index (χ2n) is 1.51. The quantitative estimate of drug-likeness (QED) is 0.441. The molecule has 0 amide bonds. The molecule has 0 saturated carbocycles. The maximum atomic E-state index is 8.38. The van der Waals surface area contributed by atoms with E-state index in [1.54, 1.807) is 0 Å². The average Bonchev–Trinajstić information content (AvgIpc) is 2.10. The van der Waals surface area contributed by atoms with Crippen LogP contribution in [0.2, 0.25) is 0 Å². The second kappa shape index (κ2) is 6.33. The normalized spacial score (nSPS) is 6.90. The van der Waals surface area contributed by atoms with E-state index in [9.17, 15) is 0 Å². The van der Waals surface area contributed by atoms with Gasteiger partial charge in [-0.05, 0) is 12.1 Å². The number of hydrogen-bond donors (Lipinski definition) is 0. The Morgan fingerprint density at radius 1 is 1.20 bits per heavy atom. The van der Waals surface area contributed by atoms with Gasteiger partial charge in [-0.15, -0.1) is 6.42 Å². The Morgan fingerprint density at radius 3 is 2.00 bits per heavy atom. The van der Waals surface area contributed by atoms with Gasteiger partial charge in [0.25, 0.3) is 0 Å². The third-order valence-electron chi connectivity index (χ3n) is 0.940. The molecule has 0 N–H and O–H groups in total. The minimum atomic E-state index is 0.125. The molecule has 1 nitrogen and oxygen atoms in total. The number of terminal acetylenes is 1. The van der Waals surface area contributed by atoms with E-state index in [1.165, 1.54) is 0 Å². The average molecular weight is 184 g/mol. The van der Waals surface area contributed by atoms with Crippen LogP contribution in [-0.2, 0) is 21.8 Å². The van der Waals surface area contributed by atoms with Crippen molar-refractivity contribution in [3.05, 3.63) is 35.9 Å². The van der Waals surface area contributed by atoms with E-state index in [1.807, 2.05) is 30.3 Å². The molecule has 0 spiro atoms. The van der Waals surface area contributed by atoms with E-state index >= 15 is 0 Å². The first kappa shape index (κ1) is 9.20. The Bertz CT molecular complexity index is 212. The van der Waals surface area contributed by atoms with Crippen LogP contribution in [0.5, 0.6) is 0 Å². The minimum absolute atomic E-state index is 0.125. The molecule has 1 aromatic rings. The number of hydrogen-bond acceptors (Lipinski definition) is 1. The van der Waals surface area contributed by atoms with Crippen LogP contribution in [0.1, 0.15) is 5.56 Å². The van der Waals surface area contributed by atoms with E-state index in [-0.39, 0.29) is 18.3 Å². The Balaban J connectivity index is 0.000000371. The van der Waals surface area contributed by atoms with Crippen LogP contribution in [0.4, 0.5) is 0 Å². The van der Waals surface area contributed by atoms with Crippen molar-refractivity contribution in [1.82, 2.24) is 0 Å². The van der Waals surface area contributed by atoms with Gasteiger partial charge in [-0.3, -0.25) is 0 Å². The molecule has 0 aliphatic rings. The van der Waals surface area contributed by atoms with E-state index in [0.29, 0.717) is 0 Å². The van der Waals surface area contributed by atoms with Gasteiger partial charge in [0.05, 0.1) is 0 Å². The maximum absolute atomic E-state index is 8.38. The first-order chi connectivity index (χ1) is 4.93. The van der Waals surface area contributed by atoms with Crippen LogP contribution in [0.15, 0.2) is 30.3 Å². The summed E-state index contributed by atoms with van der Waals surface area (Å²) < 4.78 is 8.38. The first-order valence-electron chi connectivity index (χ1n) is 2.74. The first-order valence-corrected chi connectivity index (χ1v) is 3.95. The molecule has 1 aromatic carbocycles. The monoisotopic (exact) mass is 182 g/mol. The summed E-state index contributed by atoms with van der Waals surface area (Å²) in [6.07, 6.45) is 5.10. The van der Waals surface area contributed by atoms with Crippen molar-refractivity contribution in [2.24, 2.45) is 0 Å². The molecular formula is C8H6OZn. The Morgan fingerprint density at radius 2 is 1.70 bits per heavy atom. The third-order valence-corrected chi connectivity index (χ3v) is 0.940. The van der Waals surface area contributed by atoms with E-state index in [0.717, 1.165) is 5.56 Å². The van der Waals surface area contributed by atoms with Crippen LogP contribution >= 0.6 is 0 Å². The van der Waals surface area contributed by atoms with E-state index in [2.05, 4.69) is 5.92 Å². The fourth-order valence-corrected chi connectivity index (χ4v) is 0.534. The summed E-state index contributed by atoms with van der Waals surface area (Å²) in [5.41, 5.74) is 0.938. The molecule has 0 heterocycles. The van der Waals surface area contributed by atoms with Gasteiger partial charge < -0.3 is 0 Å². The molecular weight excluding hydrogens is 177 g/mol. The van der Waals surface area contributed by atoms with Crippen LogP contribution in [0, 0.1) is 12.3 Å². The predicted octanol–water partition coefficient (Wildman–Crippen LogP) is 1.55. The number of rotatable bonds is 0. The molecule has 0 unspecified atom stereocenters. The van der Waals surface area contributed by atoms with Crippen molar-refractivity contribution in [3.63, 3.8) is 0 Å². The van der Waals surface area contributed by atoms with Gasteiger partial charge in [-0.1, -0.05) is 24.1 Å². The van der Waals surface area contributed by atoms with Crippen LogP contribution < -0.4 is 0 Å². The standard InChI is InChI=1S/C8H6.O.Zn/c1-2-8-6-4-3-5-7-8;;/h1,3-7H;;. The predicted molar refractivity (Wildman–Crippen MR) is 35.1 cm³/mol. The summed E-state index contributed by atoms with van der Waals surface area (Å²) in [6.45, 7) is 0. The van der Waals surface area contributed by atoms with E-state index in [4.69, 9.17) is 10.00 Å². The Hall–Kier alpha value is -0.797. The van der Waals surface area contributed by atoms with Crippen molar-refractivity contribution in [2.75, 3.05) is 0 Å². The van der Waals surface area contributed by atoms with Crippen LogP contribution in [0.3, 0.4) is 0 Å². The molecule has 0 atom stereocenters. The van der Waals surface area contributed by atoms with Gasteiger partial charge in [0.15, 0.2) is 0 Å². The van der Waals surface area contributed by atoms with Gasteiger partial charge in [0, 0.05) is 5.56 Å². The third kappa shape index (κ3) is 3.27. The number of benzene rings is 1. The van der Waals surface area contributed by atoms with Crippen molar-refractivity contribution in [2.45, 2.75) is 0 Å². The molecule has 0 aromatic heterocycles. The zero-order valence-corrected chi connectivity index (χ0v) is 8.55. The van der Waals surface area contributed by atoms with Gasteiger partial charge in [0.1, 0.15) is 0 Å². The van der Waals surface area contributed by atoms with Crippen LogP contribution in [0.25, 0.3) is 0 Å². The fraction of sp³-hybridized carbons (Fsp3) is 0. The Labute approximate surface area is 70.4 Å². The van der Waals surface area contributed by atoms with Crippen molar-refractivity contribution in [1.29, 1.82) is 0 Å². The summed E-state index contributed by atoms with van der Waals surface area (Å²) >= 11 is 0.125. The molecule has 46 valence electrons. The fourth-order valence-electron chi connectivity index (χ4n) is 0.534. The van der Waals surface area contributed by atoms with Crippen LogP contribution in [-0.4, -0.2) is 0 Å². The molecule has 0 aliphatic carbocycles. The Kier molecular flexibility index (Phi) is 5.82. The molecule has 1 rings (SSSR count). The molecule has 0 bridgehead atoms. The van der Waals surface area contributed by atoms with E-state index < -0.39 is 0 Å². The van der Waals surface area contributed by atoms with Crippen molar-refractivity contribution in [3.8, 4) is 12.3 Å². The summed E-state index contributed by atoms with van der Waals surface area (Å²) in [5, 5.41) is 0. The summed E-state index contributed by atoms with van der Waals surface area (Å²) in [4.78, 5) is 0. The summed E-state index contributed by atoms with van der Waals surface area (Å²) in [6, 6.07) is 9.60. The zero-order valence-electron chi connectivity index (χ0n) is 5.58. The van der Waals surface area contributed by atoms with Gasteiger partial charge in [0.2, 0.25) is 0 Å². The molecule has 0 radical (unpaired) electrons. The molecule has 0 fully saturated rings. The SMILES string of the molecule is C#Cc1ccccc1.[O]=[Zn]. The van der Waals surface area contributed by atoms with Crippen molar-refractivity contribution >= 4 is 0 Å². The summed E-state index contributed by atoms with van der Waals surface area (Å²) in [7, 11) is 0. The second-order valence-corrected chi connectivity index (χ2v) is 1.51. The molecule has 10 heavy (non-hydrogen) atoms. The molecule has 0 aliphatic heterocycles. The zero-order chi connectivity index (χ0) is 7.82. The molecule has 2 heteroatoms. The van der Waals surface area contributed by atoms with Gasteiger partial charge in [-0.25, -0.2) is 0 Å². The summed E-state index contributed by atoms with van der Waals surface area (Å²) in [5.74, 6) is 2.53. The molecule has 0 saturated heterocycles. The van der Waals surface area contributed by atoms with Gasteiger partial charge in [-0.2, -0.15) is 0 Å². The van der Waals surface area contributed by atoms with Gasteiger partial charge >= 0.3 is 21.8 Å². The van der Waals surface area contributed by atoms with Crippen molar-refractivity contribution < 1.29 is 21.8 Å². The topological polar surface area (TPSA) is 17.1 Å².